The molecule has 0 aliphatic heterocycles. The van der Waals surface area contributed by atoms with Crippen LogP contribution < -0.4 is 5.43 Å². The topological polar surface area (TPSA) is 49.9 Å². The van der Waals surface area contributed by atoms with Gasteiger partial charge in [0.05, 0.1) is 11.1 Å². The predicted octanol–water partition coefficient (Wildman–Crippen LogP) is 1.91. The number of nitrogens with one attached hydrogen (secondary N) is 1. The fourth-order valence-electron chi connectivity index (χ4n) is 1.37. The molecule has 1 aromatic carbocycles. The predicted molar refractivity (Wildman–Crippen MR) is 54.8 cm³/mol. The number of carbonyl (C=O) groups excluding carboxylic acids is 1. The summed E-state index contributed by atoms with van der Waals surface area (Å²) in [6, 6.07) is 6.27. The quantitative estimate of drug-likeness (QED) is 0.727. The monoisotopic (exact) mass is 207 g/mol. The van der Waals surface area contributed by atoms with Gasteiger partial charge in [0.1, 0.15) is 0 Å². The third-order valence-electron chi connectivity index (χ3n) is 2.00. The van der Waals surface area contributed by atoms with Crippen molar-refractivity contribution >= 4 is 27.7 Å². The van der Waals surface area contributed by atoms with Crippen LogP contribution in [-0.2, 0) is 0 Å². The molecule has 1 aromatic heterocycles. The van der Waals surface area contributed by atoms with E-state index >= 15 is 0 Å². The second kappa shape index (κ2) is 3.27. The van der Waals surface area contributed by atoms with Gasteiger partial charge in [-0.25, -0.2) is 0 Å². The van der Waals surface area contributed by atoms with Gasteiger partial charge in [0.15, 0.2) is 5.43 Å². The van der Waals surface area contributed by atoms with E-state index in [0.29, 0.717) is 16.5 Å². The van der Waals surface area contributed by atoms with E-state index in [-0.39, 0.29) is 5.43 Å². The van der Waals surface area contributed by atoms with Gasteiger partial charge in [-0.2, -0.15) is 0 Å². The molecular formula is C10H6ClNO2. The molecule has 4 heteroatoms. The van der Waals surface area contributed by atoms with Crippen LogP contribution in [-0.4, -0.2) is 10.2 Å². The van der Waals surface area contributed by atoms with Crippen LogP contribution in [0.25, 0.3) is 10.9 Å². The summed E-state index contributed by atoms with van der Waals surface area (Å²) in [7, 11) is 0. The molecule has 0 aliphatic rings. The minimum Gasteiger partial charge on any atom is -0.360 e. The third-order valence-corrected chi connectivity index (χ3v) is 2.21. The Labute approximate surface area is 84.3 Å². The molecule has 70 valence electrons. The van der Waals surface area contributed by atoms with Crippen molar-refractivity contribution < 1.29 is 4.79 Å². The molecule has 3 nitrogen and oxygen atoms in total. The maximum atomic E-state index is 11.4. The largest absolute Gasteiger partial charge is 0.360 e. The number of H-pyrrole nitrogens is 1. The lowest BCUT2D eigenvalue weighted by molar-refractivity contribution is 0.108. The van der Waals surface area contributed by atoms with Gasteiger partial charge in [-0.05, 0) is 23.7 Å². The highest BCUT2D eigenvalue weighted by Crippen LogP contribution is 2.14. The first-order valence-electron chi connectivity index (χ1n) is 4.00. The van der Waals surface area contributed by atoms with E-state index in [4.69, 9.17) is 11.6 Å². The summed E-state index contributed by atoms with van der Waals surface area (Å²) in [5, 5.41) is -0.101. The minimum atomic E-state index is -0.572. The average molecular weight is 208 g/mol. The zero-order chi connectivity index (χ0) is 10.1. The van der Waals surface area contributed by atoms with Gasteiger partial charge in [-0.1, -0.05) is 6.07 Å². The number of pyridine rings is 1. The number of hydrogen-bond acceptors (Lipinski definition) is 2. The third kappa shape index (κ3) is 1.32. The number of fused-ring (bicyclic) bond motifs is 1. The molecule has 0 unspecified atom stereocenters. The molecule has 2 aromatic rings. The molecule has 0 saturated carbocycles. The molecule has 0 aliphatic carbocycles. The first-order valence-corrected chi connectivity index (χ1v) is 4.38. The molecule has 0 atom stereocenters. The molecule has 2 rings (SSSR count). The van der Waals surface area contributed by atoms with Crippen LogP contribution in [0.15, 0.2) is 35.3 Å². The standard InChI is InChI=1S/C10H6ClNO2/c11-10(14)7-3-1-2-6-8(13)4-5-12-9(6)7/h1-5H,(H,12,13). The maximum absolute atomic E-state index is 11.4. The Balaban J connectivity index is 2.95. The van der Waals surface area contributed by atoms with Crippen molar-refractivity contribution in [2.45, 2.75) is 0 Å². The molecule has 0 saturated heterocycles. The highest BCUT2D eigenvalue weighted by molar-refractivity contribution is 6.68. The first-order chi connectivity index (χ1) is 6.70. The van der Waals surface area contributed by atoms with E-state index in [1.165, 1.54) is 12.3 Å². The number of aromatic amines is 1. The van der Waals surface area contributed by atoms with Gasteiger partial charge >= 0.3 is 0 Å². The van der Waals surface area contributed by atoms with Crippen molar-refractivity contribution in [3.05, 3.63) is 46.2 Å². The fraction of sp³-hybridized carbons (Fsp3) is 0. The van der Waals surface area contributed by atoms with E-state index in [0.717, 1.165) is 0 Å². The van der Waals surface area contributed by atoms with Crippen molar-refractivity contribution in [3.8, 4) is 0 Å². The highest BCUT2D eigenvalue weighted by Gasteiger charge is 2.08. The number of aromatic nitrogens is 1. The Bertz CT molecular complexity index is 559. The van der Waals surface area contributed by atoms with E-state index in [1.807, 2.05) is 0 Å². The van der Waals surface area contributed by atoms with E-state index in [2.05, 4.69) is 4.98 Å². The summed E-state index contributed by atoms with van der Waals surface area (Å²) >= 11 is 5.37. The molecule has 0 bridgehead atoms. The Hall–Kier alpha value is -1.61. The van der Waals surface area contributed by atoms with Gasteiger partial charge in [-0.15, -0.1) is 0 Å². The van der Waals surface area contributed by atoms with Crippen LogP contribution in [0.1, 0.15) is 10.4 Å². The Kier molecular flexibility index (Phi) is 2.09. The van der Waals surface area contributed by atoms with Gasteiger partial charge in [0.25, 0.3) is 5.24 Å². The van der Waals surface area contributed by atoms with E-state index in [9.17, 15) is 9.59 Å². The number of rotatable bonds is 1. The van der Waals surface area contributed by atoms with Gasteiger partial charge in [0.2, 0.25) is 0 Å². The number of carbonyl (C=O) groups is 1. The van der Waals surface area contributed by atoms with Gasteiger partial charge in [-0.3, -0.25) is 9.59 Å². The molecule has 0 spiro atoms. The van der Waals surface area contributed by atoms with Crippen LogP contribution >= 0.6 is 11.6 Å². The van der Waals surface area contributed by atoms with E-state index < -0.39 is 5.24 Å². The van der Waals surface area contributed by atoms with Crippen molar-refractivity contribution in [2.24, 2.45) is 0 Å². The highest BCUT2D eigenvalue weighted by atomic mass is 35.5. The molecule has 0 amide bonds. The van der Waals surface area contributed by atoms with Crippen molar-refractivity contribution in [3.63, 3.8) is 0 Å². The molecule has 0 radical (unpaired) electrons. The average Bonchev–Trinajstić information content (AvgIpc) is 2.17. The second-order valence-electron chi connectivity index (χ2n) is 2.84. The summed E-state index contributed by atoms with van der Waals surface area (Å²) in [5.74, 6) is 0. The SMILES string of the molecule is O=C(Cl)c1cccc2c(=O)cc[nH]c12. The smallest absolute Gasteiger partial charge is 0.254 e. The van der Waals surface area contributed by atoms with Crippen molar-refractivity contribution in [2.75, 3.05) is 0 Å². The van der Waals surface area contributed by atoms with Crippen LogP contribution in [0.4, 0.5) is 0 Å². The van der Waals surface area contributed by atoms with Gasteiger partial charge < -0.3 is 4.98 Å². The molecule has 0 fully saturated rings. The lowest BCUT2D eigenvalue weighted by Gasteiger charge is -2.00. The fourth-order valence-corrected chi connectivity index (χ4v) is 1.52. The Morgan fingerprint density at radius 1 is 1.29 bits per heavy atom. The second-order valence-corrected chi connectivity index (χ2v) is 3.19. The lowest BCUT2D eigenvalue weighted by Crippen LogP contribution is -2.03. The summed E-state index contributed by atoms with van der Waals surface area (Å²) in [6.07, 6.45) is 1.49. The van der Waals surface area contributed by atoms with Crippen molar-refractivity contribution in [1.29, 1.82) is 0 Å². The number of halogens is 1. The van der Waals surface area contributed by atoms with Crippen LogP contribution in [0.5, 0.6) is 0 Å². The molecule has 14 heavy (non-hydrogen) atoms. The summed E-state index contributed by atoms with van der Waals surface area (Å²) in [5.41, 5.74) is 0.681. The van der Waals surface area contributed by atoms with Crippen LogP contribution in [0.2, 0.25) is 0 Å². The summed E-state index contributed by atoms with van der Waals surface area (Å²) in [4.78, 5) is 25.2. The van der Waals surface area contributed by atoms with Gasteiger partial charge in [0, 0.05) is 17.6 Å². The lowest BCUT2D eigenvalue weighted by atomic mass is 10.1. The van der Waals surface area contributed by atoms with Crippen molar-refractivity contribution in [1.82, 2.24) is 4.98 Å². The molecule has 1 heterocycles. The zero-order valence-electron chi connectivity index (χ0n) is 7.08. The number of hydrogen-bond donors (Lipinski definition) is 1. The minimum absolute atomic E-state index is 0.126. The first kappa shape index (κ1) is 8.97. The summed E-state index contributed by atoms with van der Waals surface area (Å²) < 4.78 is 0. The van der Waals surface area contributed by atoms with E-state index in [1.54, 1.807) is 18.2 Å². The zero-order valence-corrected chi connectivity index (χ0v) is 7.84. The van der Waals surface area contributed by atoms with Crippen LogP contribution in [0.3, 0.4) is 0 Å². The number of para-hydroxylation sites is 1. The number of benzene rings is 1. The molecular weight excluding hydrogens is 202 g/mol. The maximum Gasteiger partial charge on any atom is 0.254 e. The summed E-state index contributed by atoms with van der Waals surface area (Å²) in [6.45, 7) is 0. The normalized spacial score (nSPS) is 10.4. The Morgan fingerprint density at radius 3 is 2.79 bits per heavy atom. The Morgan fingerprint density at radius 2 is 2.07 bits per heavy atom. The van der Waals surface area contributed by atoms with Crippen LogP contribution in [0, 0.1) is 0 Å². The molecule has 1 N–H and O–H groups in total.